The molecule has 25 heavy (non-hydrogen) atoms. The van der Waals surface area contributed by atoms with Crippen LogP contribution < -0.4 is 10.6 Å². The highest BCUT2D eigenvalue weighted by Crippen LogP contribution is 2.37. The molecule has 2 N–H and O–H groups in total. The number of ether oxygens (including phenoxy) is 1. The number of methoxy groups -OCH3 is 1. The molecule has 1 aromatic carbocycles. The summed E-state index contributed by atoms with van der Waals surface area (Å²) in [5.41, 5.74) is 2.96. The number of anilines is 2. The van der Waals surface area contributed by atoms with E-state index in [4.69, 9.17) is 14.7 Å². The molecule has 6 nitrogen and oxygen atoms in total. The quantitative estimate of drug-likeness (QED) is 0.884. The summed E-state index contributed by atoms with van der Waals surface area (Å²) in [5.74, 6) is 0.973. The number of aryl methyl sites for hydroxylation is 1. The molecular formula is C18H23N5OS. The molecule has 1 saturated heterocycles. The van der Waals surface area contributed by atoms with Crippen LogP contribution in [0.25, 0.3) is 0 Å². The molecule has 2 aliphatic rings. The van der Waals surface area contributed by atoms with Crippen LogP contribution in [0.3, 0.4) is 0 Å². The van der Waals surface area contributed by atoms with Gasteiger partial charge in [0.2, 0.25) is 0 Å². The fourth-order valence-electron chi connectivity index (χ4n) is 3.32. The highest BCUT2D eigenvalue weighted by Gasteiger charge is 2.28. The van der Waals surface area contributed by atoms with Gasteiger partial charge >= 0.3 is 0 Å². The molecule has 2 aliphatic heterocycles. The minimum absolute atomic E-state index is 0.408. The number of thiazole rings is 1. The van der Waals surface area contributed by atoms with Gasteiger partial charge in [0.15, 0.2) is 5.84 Å². The Kier molecular flexibility index (Phi) is 4.70. The molecule has 0 aliphatic carbocycles. The Bertz CT molecular complexity index is 788. The van der Waals surface area contributed by atoms with Crippen LogP contribution in [-0.4, -0.2) is 55.1 Å². The van der Waals surface area contributed by atoms with Gasteiger partial charge in [0.05, 0.1) is 16.4 Å². The van der Waals surface area contributed by atoms with Crippen molar-refractivity contribution in [3.8, 4) is 0 Å². The minimum Gasteiger partial charge on any atom is -0.385 e. The normalized spacial score (nSPS) is 19.5. The molecule has 132 valence electrons. The van der Waals surface area contributed by atoms with Crippen molar-refractivity contribution in [1.29, 1.82) is 0 Å². The van der Waals surface area contributed by atoms with Crippen molar-refractivity contribution < 1.29 is 4.74 Å². The molecule has 0 spiro atoms. The number of aliphatic imine (C=N–C) groups is 1. The SMILES string of the molecule is COCCC1CN(C2=Nc3ccccc3Nc3sc(C)nc32)CCN1. The van der Waals surface area contributed by atoms with Crippen LogP contribution in [0.15, 0.2) is 29.3 Å². The lowest BCUT2D eigenvalue weighted by Crippen LogP contribution is -2.53. The fraction of sp³-hybridized carbons (Fsp3) is 0.444. The second-order valence-electron chi connectivity index (χ2n) is 6.37. The Labute approximate surface area is 151 Å². The van der Waals surface area contributed by atoms with Gasteiger partial charge in [-0.3, -0.25) is 0 Å². The van der Waals surface area contributed by atoms with Crippen molar-refractivity contribution in [1.82, 2.24) is 15.2 Å². The summed E-state index contributed by atoms with van der Waals surface area (Å²) < 4.78 is 5.24. The number of amidine groups is 1. The minimum atomic E-state index is 0.408. The average Bonchev–Trinajstić information content (AvgIpc) is 2.91. The Morgan fingerprint density at radius 3 is 3.12 bits per heavy atom. The van der Waals surface area contributed by atoms with E-state index in [1.807, 2.05) is 19.1 Å². The fourth-order valence-corrected chi connectivity index (χ4v) is 4.15. The molecule has 4 rings (SSSR count). The van der Waals surface area contributed by atoms with Crippen LogP contribution in [-0.2, 0) is 4.74 Å². The summed E-state index contributed by atoms with van der Waals surface area (Å²) in [7, 11) is 1.75. The second kappa shape index (κ2) is 7.11. The Morgan fingerprint density at radius 1 is 1.36 bits per heavy atom. The van der Waals surface area contributed by atoms with E-state index in [1.165, 1.54) is 0 Å². The highest BCUT2D eigenvalue weighted by molar-refractivity contribution is 7.16. The zero-order valence-corrected chi connectivity index (χ0v) is 15.4. The van der Waals surface area contributed by atoms with Crippen molar-refractivity contribution in [2.75, 3.05) is 38.7 Å². The Hall–Kier alpha value is -1.96. The first-order valence-electron chi connectivity index (χ1n) is 8.64. The van der Waals surface area contributed by atoms with Crippen molar-refractivity contribution >= 4 is 33.5 Å². The third-order valence-corrected chi connectivity index (χ3v) is 5.44. The maximum atomic E-state index is 5.24. The maximum Gasteiger partial charge on any atom is 0.158 e. The van der Waals surface area contributed by atoms with Gasteiger partial charge in [0.25, 0.3) is 0 Å². The van der Waals surface area contributed by atoms with Gasteiger partial charge in [-0.05, 0) is 25.5 Å². The van der Waals surface area contributed by atoms with E-state index >= 15 is 0 Å². The van der Waals surface area contributed by atoms with E-state index in [0.29, 0.717) is 6.04 Å². The smallest absolute Gasteiger partial charge is 0.158 e. The van der Waals surface area contributed by atoms with Crippen molar-refractivity contribution in [3.05, 3.63) is 35.0 Å². The number of hydrogen-bond donors (Lipinski definition) is 2. The van der Waals surface area contributed by atoms with Crippen LogP contribution in [0, 0.1) is 6.92 Å². The van der Waals surface area contributed by atoms with Crippen LogP contribution in [0.2, 0.25) is 0 Å². The molecule has 0 bridgehead atoms. The molecule has 7 heteroatoms. The molecule has 0 radical (unpaired) electrons. The van der Waals surface area contributed by atoms with E-state index in [9.17, 15) is 0 Å². The molecule has 2 aromatic rings. The van der Waals surface area contributed by atoms with Gasteiger partial charge < -0.3 is 20.3 Å². The number of rotatable bonds is 3. The topological polar surface area (TPSA) is 61.8 Å². The van der Waals surface area contributed by atoms with Crippen LogP contribution in [0.4, 0.5) is 16.4 Å². The van der Waals surface area contributed by atoms with Gasteiger partial charge in [-0.15, -0.1) is 11.3 Å². The van der Waals surface area contributed by atoms with Crippen molar-refractivity contribution in [2.45, 2.75) is 19.4 Å². The number of fused-ring (bicyclic) bond motifs is 2. The first kappa shape index (κ1) is 16.5. The third-order valence-electron chi connectivity index (χ3n) is 4.55. The lowest BCUT2D eigenvalue weighted by Gasteiger charge is -2.35. The summed E-state index contributed by atoms with van der Waals surface area (Å²) in [6.45, 7) is 5.61. The predicted molar refractivity (Wildman–Crippen MR) is 103 cm³/mol. The van der Waals surface area contributed by atoms with Crippen molar-refractivity contribution in [2.24, 2.45) is 4.99 Å². The van der Waals surface area contributed by atoms with E-state index in [1.54, 1.807) is 18.4 Å². The monoisotopic (exact) mass is 357 g/mol. The highest BCUT2D eigenvalue weighted by atomic mass is 32.1. The first-order valence-corrected chi connectivity index (χ1v) is 9.46. The molecular weight excluding hydrogens is 334 g/mol. The molecule has 0 amide bonds. The number of nitrogens with zero attached hydrogens (tertiary/aromatic N) is 3. The summed E-state index contributed by atoms with van der Waals surface area (Å²) in [4.78, 5) is 12.1. The van der Waals surface area contributed by atoms with E-state index in [2.05, 4.69) is 27.7 Å². The molecule has 1 fully saturated rings. The van der Waals surface area contributed by atoms with Gasteiger partial charge in [0.1, 0.15) is 10.7 Å². The summed E-state index contributed by atoms with van der Waals surface area (Å²) in [6, 6.07) is 8.59. The van der Waals surface area contributed by atoms with Crippen LogP contribution >= 0.6 is 11.3 Å². The zero-order chi connectivity index (χ0) is 17.2. The number of benzene rings is 1. The summed E-state index contributed by atoms with van der Waals surface area (Å²) >= 11 is 1.68. The molecule has 1 aromatic heterocycles. The molecule has 0 saturated carbocycles. The molecule has 1 atom stereocenters. The van der Waals surface area contributed by atoms with Crippen LogP contribution in [0.1, 0.15) is 17.1 Å². The van der Waals surface area contributed by atoms with E-state index in [0.717, 1.165) is 65.6 Å². The van der Waals surface area contributed by atoms with Crippen LogP contribution in [0.5, 0.6) is 0 Å². The summed E-state index contributed by atoms with van der Waals surface area (Å²) in [5, 5.41) is 9.22. The maximum absolute atomic E-state index is 5.24. The number of piperazine rings is 1. The average molecular weight is 357 g/mol. The summed E-state index contributed by atoms with van der Waals surface area (Å²) in [6.07, 6.45) is 0.998. The Morgan fingerprint density at radius 2 is 2.24 bits per heavy atom. The molecule has 1 unspecified atom stereocenters. The predicted octanol–water partition coefficient (Wildman–Crippen LogP) is 2.90. The van der Waals surface area contributed by atoms with Gasteiger partial charge in [-0.25, -0.2) is 9.98 Å². The third kappa shape index (κ3) is 3.40. The lowest BCUT2D eigenvalue weighted by atomic mass is 10.1. The number of aromatic nitrogens is 1. The Balaban J connectivity index is 1.70. The van der Waals surface area contributed by atoms with E-state index in [-0.39, 0.29) is 0 Å². The molecule has 3 heterocycles. The number of hydrogen-bond acceptors (Lipinski definition) is 7. The second-order valence-corrected chi connectivity index (χ2v) is 7.57. The number of nitrogens with one attached hydrogen (secondary N) is 2. The standard InChI is InChI=1S/C18H23N5OS/c1-12-20-16-17(23-9-8-19-13(11-23)7-10-24-2)21-14-5-3-4-6-15(14)22-18(16)25-12/h3-6,13,19,22H,7-11H2,1-2H3. The van der Waals surface area contributed by atoms with E-state index < -0.39 is 0 Å². The van der Waals surface area contributed by atoms with Crippen molar-refractivity contribution in [3.63, 3.8) is 0 Å². The first-order chi connectivity index (χ1) is 12.2. The number of para-hydroxylation sites is 2. The van der Waals surface area contributed by atoms with Gasteiger partial charge in [-0.2, -0.15) is 0 Å². The lowest BCUT2D eigenvalue weighted by molar-refractivity contribution is 0.168. The zero-order valence-electron chi connectivity index (χ0n) is 14.6. The van der Waals surface area contributed by atoms with Gasteiger partial charge in [-0.1, -0.05) is 12.1 Å². The van der Waals surface area contributed by atoms with Gasteiger partial charge in [0, 0.05) is 39.4 Å². The largest absolute Gasteiger partial charge is 0.385 e.